The summed E-state index contributed by atoms with van der Waals surface area (Å²) in [4.78, 5) is 10.3. The molecule has 0 heterocycles. The molecule has 0 aromatic heterocycles. The number of carbonyl (C=O) groups excluding carboxylic acids is 1. The smallest absolute Gasteiger partial charge is 0.784 e. The summed E-state index contributed by atoms with van der Waals surface area (Å²) in [5.41, 5.74) is 1.18. The molecule has 0 atom stereocenters. The van der Waals surface area contributed by atoms with Gasteiger partial charge in [-0.1, -0.05) is 12.1 Å². The number of hydrogen-bond donors (Lipinski definition) is 1. The van der Waals surface area contributed by atoms with Crippen LogP contribution in [-0.2, 0) is 11.4 Å². The summed E-state index contributed by atoms with van der Waals surface area (Å²) in [7, 11) is 0. The van der Waals surface area contributed by atoms with Crippen LogP contribution in [0.25, 0.3) is 0 Å². The second-order valence-corrected chi connectivity index (χ2v) is 2.74. The summed E-state index contributed by atoms with van der Waals surface area (Å²) in [6, 6.07) is 4.98. The average molecular weight is 262 g/mol. The number of aldehydes is 1. The van der Waals surface area contributed by atoms with E-state index in [9.17, 15) is 4.79 Å². The summed E-state index contributed by atoms with van der Waals surface area (Å²) in [6.07, 6.45) is 0.657. The Bertz CT molecular complexity index is 321. The van der Waals surface area contributed by atoms with E-state index in [1.165, 1.54) is 6.07 Å². The van der Waals surface area contributed by atoms with Crippen LogP contribution in [0, 0.1) is 6.92 Å². The Morgan fingerprint density at radius 3 is 2.00 bits per heavy atom. The minimum atomic E-state index is -3.11. The van der Waals surface area contributed by atoms with Crippen LogP contribution in [0.3, 0.4) is 0 Å². The first-order valence-electron chi connectivity index (χ1n) is 3.49. The zero-order valence-corrected chi connectivity index (χ0v) is 14.1. The SMILES string of the molecule is Cc1cccc(O)c1C=O.O=S([O-])[O-].[Na+].[Na+]. The molecule has 0 saturated heterocycles. The van der Waals surface area contributed by atoms with Crippen molar-refractivity contribution in [3.8, 4) is 5.75 Å². The van der Waals surface area contributed by atoms with E-state index in [-0.39, 0.29) is 64.9 Å². The Kier molecular flexibility index (Phi) is 16.8. The molecule has 16 heavy (non-hydrogen) atoms. The number of aromatic hydroxyl groups is 1. The molecule has 1 aromatic carbocycles. The Balaban J connectivity index is -0.000000249. The first-order valence-corrected chi connectivity index (χ1v) is 4.49. The van der Waals surface area contributed by atoms with Crippen molar-refractivity contribution in [2.75, 3.05) is 0 Å². The third-order valence-electron chi connectivity index (χ3n) is 1.42. The maximum atomic E-state index is 10.3. The van der Waals surface area contributed by atoms with Crippen LogP contribution in [0.15, 0.2) is 18.2 Å². The van der Waals surface area contributed by atoms with Gasteiger partial charge in [0.1, 0.15) is 5.75 Å². The first-order chi connectivity index (χ1) is 6.49. The van der Waals surface area contributed by atoms with E-state index in [1.54, 1.807) is 19.1 Å². The molecular formula is C8H8Na2O5S. The van der Waals surface area contributed by atoms with Gasteiger partial charge in [-0.05, 0) is 18.6 Å². The van der Waals surface area contributed by atoms with Crippen LogP contribution in [-0.4, -0.2) is 24.7 Å². The normalized spacial score (nSPS) is 8.00. The topological polar surface area (TPSA) is 100 Å². The predicted octanol–water partition coefficient (Wildman–Crippen LogP) is -5.48. The molecule has 0 aliphatic heterocycles. The number of rotatable bonds is 1. The van der Waals surface area contributed by atoms with Crippen molar-refractivity contribution in [3.63, 3.8) is 0 Å². The number of aryl methyl sites for hydroxylation is 1. The minimum absolute atomic E-state index is 0. The largest absolute Gasteiger partial charge is 1.00 e. The molecule has 0 unspecified atom stereocenters. The minimum Gasteiger partial charge on any atom is -0.784 e. The number of phenolic OH excluding ortho intramolecular Hbond substituents is 1. The Labute approximate surface area is 140 Å². The van der Waals surface area contributed by atoms with Crippen molar-refractivity contribution in [3.05, 3.63) is 29.3 Å². The number of hydrogen-bond acceptors (Lipinski definition) is 5. The molecule has 0 bridgehead atoms. The molecule has 5 nitrogen and oxygen atoms in total. The molecule has 1 N–H and O–H groups in total. The fourth-order valence-electron chi connectivity index (χ4n) is 0.818. The molecule has 0 fully saturated rings. The fraction of sp³-hybridized carbons (Fsp3) is 0.125. The third-order valence-corrected chi connectivity index (χ3v) is 1.42. The standard InChI is InChI=1S/C8H8O2.2Na.H2O3S/c1-6-3-2-4-8(10)7(6)5-9;;;1-4(2)3/h2-5,10H,1H3;;;(H2,1,2,3)/q;2*+1;/p-2. The molecule has 78 valence electrons. The van der Waals surface area contributed by atoms with E-state index in [0.717, 1.165) is 5.56 Å². The van der Waals surface area contributed by atoms with Gasteiger partial charge in [-0.3, -0.25) is 9.00 Å². The molecule has 0 saturated carbocycles. The summed E-state index contributed by atoms with van der Waals surface area (Å²) in [5.74, 6) is 0.0509. The van der Waals surface area contributed by atoms with Crippen molar-refractivity contribution in [2.24, 2.45) is 0 Å². The van der Waals surface area contributed by atoms with Crippen molar-refractivity contribution < 1.29 is 82.3 Å². The van der Waals surface area contributed by atoms with Crippen molar-refractivity contribution in [2.45, 2.75) is 6.92 Å². The molecule has 0 radical (unpaired) electrons. The van der Waals surface area contributed by atoms with Crippen LogP contribution in [0.1, 0.15) is 15.9 Å². The van der Waals surface area contributed by atoms with Crippen LogP contribution < -0.4 is 59.1 Å². The second-order valence-electron chi connectivity index (χ2n) is 2.33. The van der Waals surface area contributed by atoms with Crippen molar-refractivity contribution in [1.29, 1.82) is 0 Å². The van der Waals surface area contributed by atoms with Gasteiger partial charge >= 0.3 is 59.1 Å². The molecule has 8 heteroatoms. The molecule has 1 rings (SSSR count). The molecular weight excluding hydrogens is 254 g/mol. The number of phenols is 1. The Hall–Kier alpha value is 0.760. The van der Waals surface area contributed by atoms with Crippen LogP contribution in [0.4, 0.5) is 0 Å². The van der Waals surface area contributed by atoms with E-state index in [1.807, 2.05) is 0 Å². The van der Waals surface area contributed by atoms with Crippen LogP contribution >= 0.6 is 0 Å². The molecule has 0 aliphatic rings. The molecule has 0 amide bonds. The maximum absolute atomic E-state index is 10.3. The Morgan fingerprint density at radius 1 is 1.31 bits per heavy atom. The average Bonchev–Trinajstić information content (AvgIpc) is 2.03. The van der Waals surface area contributed by atoms with Gasteiger partial charge in [0.25, 0.3) is 0 Å². The quantitative estimate of drug-likeness (QED) is 0.309. The zero-order chi connectivity index (χ0) is 11.1. The first kappa shape index (κ1) is 22.0. The number of carbonyl (C=O) groups is 1. The summed E-state index contributed by atoms with van der Waals surface area (Å²) < 4.78 is 25.3. The van der Waals surface area contributed by atoms with E-state index in [2.05, 4.69) is 0 Å². The molecule has 1 aromatic rings. The summed E-state index contributed by atoms with van der Waals surface area (Å²) in [6.45, 7) is 1.78. The zero-order valence-electron chi connectivity index (χ0n) is 9.30. The number of benzene rings is 1. The van der Waals surface area contributed by atoms with Crippen LogP contribution in [0.5, 0.6) is 5.75 Å². The van der Waals surface area contributed by atoms with Gasteiger partial charge in [-0.25, -0.2) is 0 Å². The summed E-state index contributed by atoms with van der Waals surface area (Å²) >= 11 is -3.11. The van der Waals surface area contributed by atoms with E-state index in [4.69, 9.17) is 18.4 Å². The van der Waals surface area contributed by atoms with Gasteiger partial charge in [0.15, 0.2) is 6.29 Å². The Morgan fingerprint density at radius 2 is 1.75 bits per heavy atom. The van der Waals surface area contributed by atoms with Crippen molar-refractivity contribution in [1.82, 2.24) is 0 Å². The third kappa shape index (κ3) is 9.95. The fourth-order valence-corrected chi connectivity index (χ4v) is 0.818. The van der Waals surface area contributed by atoms with Gasteiger partial charge < -0.3 is 14.2 Å². The second kappa shape index (κ2) is 12.2. The monoisotopic (exact) mass is 262 g/mol. The molecule has 0 aliphatic carbocycles. The van der Waals surface area contributed by atoms with E-state index >= 15 is 0 Å². The van der Waals surface area contributed by atoms with Crippen molar-refractivity contribution >= 4 is 17.6 Å². The van der Waals surface area contributed by atoms with Gasteiger partial charge in [-0.2, -0.15) is 0 Å². The van der Waals surface area contributed by atoms with E-state index < -0.39 is 11.4 Å². The summed E-state index contributed by atoms with van der Waals surface area (Å²) in [5, 5.41) is 9.06. The van der Waals surface area contributed by atoms with Crippen LogP contribution in [0.2, 0.25) is 0 Å². The maximum Gasteiger partial charge on any atom is 1.00 e. The van der Waals surface area contributed by atoms with Gasteiger partial charge in [0.05, 0.1) is 5.56 Å². The molecule has 0 spiro atoms. The van der Waals surface area contributed by atoms with Gasteiger partial charge in [0, 0.05) is 0 Å². The van der Waals surface area contributed by atoms with Gasteiger partial charge in [-0.15, -0.1) is 11.4 Å². The predicted molar refractivity (Wildman–Crippen MR) is 47.9 cm³/mol. The van der Waals surface area contributed by atoms with E-state index in [0.29, 0.717) is 11.8 Å². The van der Waals surface area contributed by atoms with Gasteiger partial charge in [0.2, 0.25) is 0 Å².